The van der Waals surface area contributed by atoms with Crippen molar-refractivity contribution < 1.29 is 4.79 Å². The molecule has 5 aromatic rings. The average Bonchev–Trinajstić information content (AvgIpc) is 2.92. The van der Waals surface area contributed by atoms with Gasteiger partial charge in [0.25, 0.3) is 5.91 Å². The third-order valence-corrected chi connectivity index (χ3v) is 6.27. The second-order valence-corrected chi connectivity index (χ2v) is 8.62. The molecule has 0 spiro atoms. The van der Waals surface area contributed by atoms with Gasteiger partial charge in [0.05, 0.1) is 22.8 Å². The summed E-state index contributed by atoms with van der Waals surface area (Å²) in [7, 11) is 0. The van der Waals surface area contributed by atoms with Crippen molar-refractivity contribution in [2.75, 3.05) is 0 Å². The standard InChI is InChI=1S/C31H27N3O/c1-22(23-12-4-2-5-13-23)33-31(35)29-26-17-8-9-18-28(26)34-30(24-14-6-3-7-15-24)27(29)20-19-25-16-10-11-21-32-25/h2-18,21-22H,19-20H2,1H3,(H,33,35). The molecule has 172 valence electrons. The highest BCUT2D eigenvalue weighted by atomic mass is 16.1. The summed E-state index contributed by atoms with van der Waals surface area (Å²) in [5, 5.41) is 4.10. The molecule has 4 nitrogen and oxygen atoms in total. The SMILES string of the molecule is CC(NC(=O)c1c(CCc2ccccn2)c(-c2ccccc2)nc2ccccc12)c1ccccc1. The quantitative estimate of drug-likeness (QED) is 0.301. The molecule has 0 radical (unpaired) electrons. The molecule has 0 saturated carbocycles. The Morgan fingerprint density at radius 3 is 2.23 bits per heavy atom. The summed E-state index contributed by atoms with van der Waals surface area (Å²) < 4.78 is 0. The zero-order valence-electron chi connectivity index (χ0n) is 19.7. The van der Waals surface area contributed by atoms with Crippen molar-refractivity contribution in [3.05, 3.63) is 132 Å². The van der Waals surface area contributed by atoms with Gasteiger partial charge in [0.15, 0.2) is 0 Å². The zero-order valence-corrected chi connectivity index (χ0v) is 19.7. The lowest BCUT2D eigenvalue weighted by Gasteiger charge is -2.20. The summed E-state index contributed by atoms with van der Waals surface area (Å²) >= 11 is 0. The summed E-state index contributed by atoms with van der Waals surface area (Å²) in [6.07, 6.45) is 3.18. The Kier molecular flexibility index (Phi) is 6.62. The fraction of sp³-hybridized carbons (Fsp3) is 0.129. The molecular formula is C31H27N3O. The first-order chi connectivity index (χ1) is 17.2. The predicted octanol–water partition coefficient (Wildman–Crippen LogP) is 6.57. The molecule has 1 amide bonds. The van der Waals surface area contributed by atoms with Crippen molar-refractivity contribution in [3.8, 4) is 11.3 Å². The number of hydrogen-bond acceptors (Lipinski definition) is 3. The summed E-state index contributed by atoms with van der Waals surface area (Å²) in [4.78, 5) is 23.4. The van der Waals surface area contributed by atoms with E-state index in [1.807, 2.05) is 97.9 Å². The normalized spacial score (nSPS) is 11.8. The minimum absolute atomic E-state index is 0.0897. The Labute approximate surface area is 205 Å². The summed E-state index contributed by atoms with van der Waals surface area (Å²) in [6, 6.07) is 33.8. The van der Waals surface area contributed by atoms with Crippen LogP contribution in [0.2, 0.25) is 0 Å². The Morgan fingerprint density at radius 1 is 0.800 bits per heavy atom. The zero-order chi connectivity index (χ0) is 24.0. The molecule has 5 rings (SSSR count). The Morgan fingerprint density at radius 2 is 1.49 bits per heavy atom. The van der Waals surface area contributed by atoms with Gasteiger partial charge in [-0.3, -0.25) is 9.78 Å². The van der Waals surface area contributed by atoms with Crippen LogP contribution in [0, 0.1) is 0 Å². The molecule has 4 heteroatoms. The van der Waals surface area contributed by atoms with E-state index >= 15 is 0 Å². The van der Waals surface area contributed by atoms with Crippen molar-refractivity contribution in [2.45, 2.75) is 25.8 Å². The van der Waals surface area contributed by atoms with Crippen molar-refractivity contribution in [1.29, 1.82) is 0 Å². The molecule has 0 bridgehead atoms. The third-order valence-electron chi connectivity index (χ3n) is 6.27. The van der Waals surface area contributed by atoms with Crippen LogP contribution in [-0.4, -0.2) is 15.9 Å². The number of para-hydroxylation sites is 1. The van der Waals surface area contributed by atoms with Gasteiger partial charge in [-0.25, -0.2) is 4.98 Å². The van der Waals surface area contributed by atoms with Gasteiger partial charge in [-0.1, -0.05) is 84.9 Å². The molecule has 3 aromatic carbocycles. The maximum atomic E-state index is 13.9. The number of fused-ring (bicyclic) bond motifs is 1. The lowest BCUT2D eigenvalue weighted by atomic mass is 9.92. The van der Waals surface area contributed by atoms with Crippen LogP contribution in [0.4, 0.5) is 0 Å². The minimum atomic E-state index is -0.126. The van der Waals surface area contributed by atoms with Crippen LogP contribution in [0.1, 0.15) is 40.1 Å². The van der Waals surface area contributed by atoms with Gasteiger partial charge in [0, 0.05) is 22.8 Å². The Hall–Kier alpha value is -4.31. The fourth-order valence-electron chi connectivity index (χ4n) is 4.48. The molecule has 1 atom stereocenters. The van der Waals surface area contributed by atoms with Crippen LogP contribution in [0.3, 0.4) is 0 Å². The number of carbonyl (C=O) groups excluding carboxylic acids is 1. The molecular weight excluding hydrogens is 430 g/mol. The molecule has 2 aromatic heterocycles. The van der Waals surface area contributed by atoms with Crippen molar-refractivity contribution in [1.82, 2.24) is 15.3 Å². The summed E-state index contributed by atoms with van der Waals surface area (Å²) in [5.41, 5.74) is 6.34. The highest BCUT2D eigenvalue weighted by Crippen LogP contribution is 2.32. The maximum absolute atomic E-state index is 13.9. The number of carbonyl (C=O) groups is 1. The number of nitrogens with one attached hydrogen (secondary N) is 1. The highest BCUT2D eigenvalue weighted by Gasteiger charge is 2.23. The number of benzene rings is 3. The van der Waals surface area contributed by atoms with Gasteiger partial charge in [-0.05, 0) is 49.1 Å². The van der Waals surface area contributed by atoms with Gasteiger partial charge < -0.3 is 5.32 Å². The fourth-order valence-corrected chi connectivity index (χ4v) is 4.48. The third kappa shape index (κ3) is 4.97. The highest BCUT2D eigenvalue weighted by molar-refractivity contribution is 6.09. The van der Waals surface area contributed by atoms with E-state index in [0.717, 1.165) is 45.4 Å². The van der Waals surface area contributed by atoms with Crippen LogP contribution >= 0.6 is 0 Å². The van der Waals surface area contributed by atoms with E-state index in [1.165, 1.54) is 0 Å². The first-order valence-electron chi connectivity index (χ1n) is 11.9. The summed E-state index contributed by atoms with van der Waals surface area (Å²) in [6.45, 7) is 2.02. The second-order valence-electron chi connectivity index (χ2n) is 8.62. The van der Waals surface area contributed by atoms with Crippen LogP contribution < -0.4 is 5.32 Å². The predicted molar refractivity (Wildman–Crippen MR) is 141 cm³/mol. The Balaban J connectivity index is 1.64. The van der Waals surface area contributed by atoms with Crippen LogP contribution in [-0.2, 0) is 12.8 Å². The molecule has 0 aliphatic carbocycles. The van der Waals surface area contributed by atoms with Crippen molar-refractivity contribution in [3.63, 3.8) is 0 Å². The lowest BCUT2D eigenvalue weighted by molar-refractivity contribution is 0.0940. The van der Waals surface area contributed by atoms with E-state index < -0.39 is 0 Å². The molecule has 0 fully saturated rings. The van der Waals surface area contributed by atoms with Gasteiger partial charge in [0.2, 0.25) is 0 Å². The van der Waals surface area contributed by atoms with Gasteiger partial charge in [-0.15, -0.1) is 0 Å². The molecule has 0 saturated heterocycles. The summed E-state index contributed by atoms with van der Waals surface area (Å²) in [5.74, 6) is -0.0897. The number of amides is 1. The van der Waals surface area contributed by atoms with Crippen LogP contribution in [0.5, 0.6) is 0 Å². The number of hydrogen-bond donors (Lipinski definition) is 1. The van der Waals surface area contributed by atoms with Crippen LogP contribution in [0.15, 0.2) is 109 Å². The molecule has 0 aliphatic heterocycles. The largest absolute Gasteiger partial charge is 0.345 e. The number of rotatable bonds is 7. The smallest absolute Gasteiger partial charge is 0.252 e. The van der Waals surface area contributed by atoms with Crippen molar-refractivity contribution >= 4 is 16.8 Å². The van der Waals surface area contributed by atoms with E-state index in [4.69, 9.17) is 4.98 Å². The molecule has 1 N–H and O–H groups in total. The van der Waals surface area contributed by atoms with Crippen LogP contribution in [0.25, 0.3) is 22.2 Å². The maximum Gasteiger partial charge on any atom is 0.252 e. The Bertz CT molecular complexity index is 1430. The van der Waals surface area contributed by atoms with Gasteiger partial charge in [-0.2, -0.15) is 0 Å². The number of pyridine rings is 2. The van der Waals surface area contributed by atoms with E-state index in [2.05, 4.69) is 22.4 Å². The molecule has 0 aliphatic rings. The lowest BCUT2D eigenvalue weighted by Crippen LogP contribution is -2.28. The molecule has 1 unspecified atom stereocenters. The number of aryl methyl sites for hydroxylation is 1. The molecule has 35 heavy (non-hydrogen) atoms. The number of nitrogens with zero attached hydrogens (tertiary/aromatic N) is 2. The topological polar surface area (TPSA) is 54.9 Å². The first-order valence-corrected chi connectivity index (χ1v) is 11.9. The average molecular weight is 458 g/mol. The molecule has 2 heterocycles. The van der Waals surface area contributed by atoms with Crippen molar-refractivity contribution in [2.24, 2.45) is 0 Å². The van der Waals surface area contributed by atoms with E-state index in [0.29, 0.717) is 12.0 Å². The minimum Gasteiger partial charge on any atom is -0.345 e. The van der Waals surface area contributed by atoms with Gasteiger partial charge in [0.1, 0.15) is 0 Å². The van der Waals surface area contributed by atoms with E-state index in [-0.39, 0.29) is 11.9 Å². The van der Waals surface area contributed by atoms with Gasteiger partial charge >= 0.3 is 0 Å². The first kappa shape index (κ1) is 22.5. The number of aromatic nitrogens is 2. The monoisotopic (exact) mass is 457 g/mol. The second kappa shape index (κ2) is 10.3. The van der Waals surface area contributed by atoms with E-state index in [1.54, 1.807) is 6.20 Å². The van der Waals surface area contributed by atoms with E-state index in [9.17, 15) is 4.79 Å².